The Morgan fingerprint density at radius 1 is 0.714 bits per heavy atom. The molecule has 21 heavy (non-hydrogen) atoms. The van der Waals surface area contributed by atoms with E-state index >= 15 is 0 Å². The summed E-state index contributed by atoms with van der Waals surface area (Å²) >= 11 is 0. The maximum atomic E-state index is 4.80. The Kier molecular flexibility index (Phi) is 3.53. The summed E-state index contributed by atoms with van der Waals surface area (Å²) in [6, 6.07) is 16.5. The van der Waals surface area contributed by atoms with E-state index in [1.165, 1.54) is 16.7 Å². The van der Waals surface area contributed by atoms with Crippen molar-refractivity contribution < 1.29 is 0 Å². The van der Waals surface area contributed by atoms with Crippen molar-refractivity contribution in [3.05, 3.63) is 71.5 Å². The van der Waals surface area contributed by atoms with Gasteiger partial charge in [0, 0.05) is 23.0 Å². The van der Waals surface area contributed by atoms with E-state index in [0.29, 0.717) is 0 Å². The van der Waals surface area contributed by atoms with Crippen LogP contribution in [0.3, 0.4) is 0 Å². The molecule has 0 aliphatic heterocycles. The first-order chi connectivity index (χ1) is 10.2. The van der Waals surface area contributed by atoms with Crippen LogP contribution in [0.15, 0.2) is 54.7 Å². The number of hydrogen-bond acceptors (Lipinski definition) is 2. The van der Waals surface area contributed by atoms with Gasteiger partial charge >= 0.3 is 0 Å². The first-order valence-electron chi connectivity index (χ1n) is 7.12. The molecule has 0 radical (unpaired) electrons. The van der Waals surface area contributed by atoms with Gasteiger partial charge in [0.15, 0.2) is 0 Å². The van der Waals surface area contributed by atoms with Gasteiger partial charge in [0.05, 0.1) is 11.4 Å². The molecule has 0 fully saturated rings. The number of aryl methyl sites for hydroxylation is 3. The van der Waals surface area contributed by atoms with E-state index in [0.717, 1.165) is 22.6 Å². The first kappa shape index (κ1) is 13.5. The number of benzene rings is 1. The summed E-state index contributed by atoms with van der Waals surface area (Å²) in [5.74, 6) is 0. The van der Waals surface area contributed by atoms with Crippen LogP contribution in [-0.2, 0) is 0 Å². The third-order valence-electron chi connectivity index (χ3n) is 3.76. The van der Waals surface area contributed by atoms with Gasteiger partial charge in [-0.15, -0.1) is 0 Å². The minimum absolute atomic E-state index is 0.968. The van der Waals surface area contributed by atoms with Crippen molar-refractivity contribution in [2.24, 2.45) is 0 Å². The average Bonchev–Trinajstić information content (AvgIpc) is 2.48. The summed E-state index contributed by atoms with van der Waals surface area (Å²) < 4.78 is 0. The fourth-order valence-electron chi connectivity index (χ4n) is 2.71. The minimum Gasteiger partial charge on any atom is -0.256 e. The van der Waals surface area contributed by atoms with Gasteiger partial charge in [-0.25, -0.2) is 0 Å². The van der Waals surface area contributed by atoms with Gasteiger partial charge < -0.3 is 0 Å². The highest BCUT2D eigenvalue weighted by molar-refractivity contribution is 5.71. The molecule has 0 unspecified atom stereocenters. The smallest absolute Gasteiger partial charge is 0.0720 e. The van der Waals surface area contributed by atoms with Gasteiger partial charge in [0.2, 0.25) is 0 Å². The lowest BCUT2D eigenvalue weighted by molar-refractivity contribution is 1.18. The van der Waals surface area contributed by atoms with E-state index in [1.54, 1.807) is 0 Å². The summed E-state index contributed by atoms with van der Waals surface area (Å²) in [7, 11) is 0. The predicted octanol–water partition coefficient (Wildman–Crippen LogP) is 4.74. The molecule has 0 saturated carbocycles. The molecule has 0 bridgehead atoms. The molecular formula is C19H18N2. The van der Waals surface area contributed by atoms with Gasteiger partial charge in [-0.3, -0.25) is 9.97 Å². The van der Waals surface area contributed by atoms with Crippen LogP contribution in [0.2, 0.25) is 0 Å². The summed E-state index contributed by atoms with van der Waals surface area (Å²) in [6.07, 6.45) is 1.81. The molecule has 0 aliphatic carbocycles. The molecular weight excluding hydrogens is 256 g/mol. The standard InChI is InChI=1S/C19H18N2/c1-13-7-6-8-14(2)19(13)18-11-10-16(15(3)21-18)17-9-4-5-12-20-17/h4-12H,1-3H3. The van der Waals surface area contributed by atoms with Crippen LogP contribution >= 0.6 is 0 Å². The summed E-state index contributed by atoms with van der Waals surface area (Å²) in [4.78, 5) is 9.21. The lowest BCUT2D eigenvalue weighted by Gasteiger charge is -2.11. The molecule has 0 N–H and O–H groups in total. The molecule has 0 atom stereocenters. The van der Waals surface area contributed by atoms with Crippen LogP contribution in [0.5, 0.6) is 0 Å². The first-order valence-corrected chi connectivity index (χ1v) is 7.12. The van der Waals surface area contributed by atoms with Crippen molar-refractivity contribution in [2.75, 3.05) is 0 Å². The largest absolute Gasteiger partial charge is 0.256 e. The molecule has 1 aromatic carbocycles. The zero-order valence-electron chi connectivity index (χ0n) is 12.6. The maximum absolute atomic E-state index is 4.80. The van der Waals surface area contributed by atoms with Crippen LogP contribution in [0.25, 0.3) is 22.5 Å². The maximum Gasteiger partial charge on any atom is 0.0720 e. The molecule has 104 valence electrons. The van der Waals surface area contributed by atoms with Crippen LogP contribution in [0, 0.1) is 20.8 Å². The second-order valence-corrected chi connectivity index (χ2v) is 5.31. The van der Waals surface area contributed by atoms with E-state index in [4.69, 9.17) is 4.98 Å². The van der Waals surface area contributed by atoms with E-state index < -0.39 is 0 Å². The van der Waals surface area contributed by atoms with Crippen molar-refractivity contribution in [2.45, 2.75) is 20.8 Å². The van der Waals surface area contributed by atoms with Gasteiger partial charge in [-0.1, -0.05) is 24.3 Å². The Hall–Kier alpha value is -2.48. The van der Waals surface area contributed by atoms with Crippen molar-refractivity contribution in [3.8, 4) is 22.5 Å². The lowest BCUT2D eigenvalue weighted by atomic mass is 9.98. The van der Waals surface area contributed by atoms with Gasteiger partial charge in [0.1, 0.15) is 0 Å². The van der Waals surface area contributed by atoms with E-state index in [1.807, 2.05) is 31.3 Å². The highest BCUT2D eigenvalue weighted by Gasteiger charge is 2.10. The third-order valence-corrected chi connectivity index (χ3v) is 3.76. The van der Waals surface area contributed by atoms with E-state index in [-0.39, 0.29) is 0 Å². The van der Waals surface area contributed by atoms with Crippen molar-refractivity contribution in [1.82, 2.24) is 9.97 Å². The van der Waals surface area contributed by atoms with Crippen LogP contribution in [0.4, 0.5) is 0 Å². The number of aromatic nitrogens is 2. The highest BCUT2D eigenvalue weighted by atomic mass is 14.7. The number of nitrogens with zero attached hydrogens (tertiary/aromatic N) is 2. The van der Waals surface area contributed by atoms with Gasteiger partial charge in [0.25, 0.3) is 0 Å². The predicted molar refractivity (Wildman–Crippen MR) is 87.1 cm³/mol. The van der Waals surface area contributed by atoms with Crippen molar-refractivity contribution >= 4 is 0 Å². The number of hydrogen-bond donors (Lipinski definition) is 0. The Morgan fingerprint density at radius 2 is 1.48 bits per heavy atom. The molecule has 0 saturated heterocycles. The second kappa shape index (κ2) is 5.49. The van der Waals surface area contributed by atoms with Crippen LogP contribution in [-0.4, -0.2) is 9.97 Å². The quantitative estimate of drug-likeness (QED) is 0.674. The zero-order valence-corrected chi connectivity index (χ0v) is 12.6. The second-order valence-electron chi connectivity index (χ2n) is 5.31. The van der Waals surface area contributed by atoms with Gasteiger partial charge in [-0.2, -0.15) is 0 Å². The average molecular weight is 274 g/mol. The summed E-state index contributed by atoms with van der Waals surface area (Å²) in [5, 5.41) is 0. The molecule has 3 aromatic rings. The fraction of sp³-hybridized carbons (Fsp3) is 0.158. The lowest BCUT2D eigenvalue weighted by Crippen LogP contribution is -1.95. The van der Waals surface area contributed by atoms with Gasteiger partial charge in [-0.05, 0) is 56.2 Å². The minimum atomic E-state index is 0.968. The van der Waals surface area contributed by atoms with Crippen LogP contribution in [0.1, 0.15) is 16.8 Å². The Balaban J connectivity index is 2.11. The molecule has 0 spiro atoms. The Morgan fingerprint density at radius 3 is 2.10 bits per heavy atom. The topological polar surface area (TPSA) is 25.8 Å². The molecule has 0 amide bonds. The van der Waals surface area contributed by atoms with Crippen LogP contribution < -0.4 is 0 Å². The molecule has 2 nitrogen and oxygen atoms in total. The zero-order chi connectivity index (χ0) is 14.8. The van der Waals surface area contributed by atoms with Crippen molar-refractivity contribution in [1.29, 1.82) is 0 Å². The Labute approximate surface area is 125 Å². The normalized spacial score (nSPS) is 10.6. The highest BCUT2D eigenvalue weighted by Crippen LogP contribution is 2.28. The number of rotatable bonds is 2. The Bertz CT molecular complexity index is 757. The summed E-state index contributed by atoms with van der Waals surface area (Å²) in [6.45, 7) is 6.30. The molecule has 0 aliphatic rings. The summed E-state index contributed by atoms with van der Waals surface area (Å²) in [5.41, 5.74) is 7.84. The molecule has 3 rings (SSSR count). The van der Waals surface area contributed by atoms with E-state index in [9.17, 15) is 0 Å². The van der Waals surface area contributed by atoms with Crippen molar-refractivity contribution in [3.63, 3.8) is 0 Å². The monoisotopic (exact) mass is 274 g/mol. The third kappa shape index (κ3) is 2.57. The molecule has 2 heterocycles. The number of pyridine rings is 2. The fourth-order valence-corrected chi connectivity index (χ4v) is 2.71. The van der Waals surface area contributed by atoms with E-state index in [2.05, 4.69) is 49.2 Å². The molecule has 2 heteroatoms. The SMILES string of the molecule is Cc1cccc(C)c1-c1ccc(-c2ccccn2)c(C)n1. The molecule has 2 aromatic heterocycles.